The Morgan fingerprint density at radius 3 is 2.59 bits per heavy atom. The molecule has 8 heteroatoms. The number of carbonyl (C=O) groups is 1. The molecule has 0 aliphatic rings. The third-order valence-corrected chi connectivity index (χ3v) is 4.37. The number of nitrogens with zero attached hydrogens (tertiary/aromatic N) is 4. The summed E-state index contributed by atoms with van der Waals surface area (Å²) in [5.74, 6) is 0.472. The van der Waals surface area contributed by atoms with Crippen molar-refractivity contribution in [3.63, 3.8) is 0 Å². The van der Waals surface area contributed by atoms with Gasteiger partial charge in [-0.25, -0.2) is 4.39 Å². The monoisotopic (exact) mass is 390 g/mol. The molecule has 0 spiro atoms. The first kappa shape index (κ1) is 18.5. The molecule has 2 N–H and O–H groups in total. The molecule has 0 atom stereocenters. The van der Waals surface area contributed by atoms with E-state index in [4.69, 9.17) is 0 Å². The van der Waals surface area contributed by atoms with Crippen molar-refractivity contribution >= 4 is 23.1 Å². The fourth-order valence-corrected chi connectivity index (χ4v) is 2.87. The molecule has 0 aliphatic heterocycles. The van der Waals surface area contributed by atoms with E-state index in [1.807, 2.05) is 42.5 Å². The van der Waals surface area contributed by atoms with Gasteiger partial charge in [0.15, 0.2) is 11.5 Å². The number of halogens is 1. The van der Waals surface area contributed by atoms with Crippen LogP contribution in [0.25, 0.3) is 5.65 Å². The molecule has 0 radical (unpaired) electrons. The number of aryl methyl sites for hydroxylation is 1. The van der Waals surface area contributed by atoms with E-state index in [0.29, 0.717) is 30.3 Å². The maximum atomic E-state index is 13.7. The summed E-state index contributed by atoms with van der Waals surface area (Å²) in [6.07, 6.45) is 0.467. The van der Waals surface area contributed by atoms with E-state index in [9.17, 15) is 9.18 Å². The molecule has 2 heterocycles. The van der Waals surface area contributed by atoms with Crippen molar-refractivity contribution < 1.29 is 9.18 Å². The Morgan fingerprint density at radius 2 is 1.76 bits per heavy atom. The van der Waals surface area contributed by atoms with Crippen LogP contribution < -0.4 is 10.6 Å². The van der Waals surface area contributed by atoms with Crippen molar-refractivity contribution in [1.29, 1.82) is 0 Å². The lowest BCUT2D eigenvalue weighted by molar-refractivity contribution is -0.116. The number of hydrogen-bond donors (Lipinski definition) is 2. The summed E-state index contributed by atoms with van der Waals surface area (Å²) in [6, 6.07) is 19.7. The van der Waals surface area contributed by atoms with Gasteiger partial charge in [0.05, 0.1) is 5.69 Å². The summed E-state index contributed by atoms with van der Waals surface area (Å²) in [5.41, 5.74) is 1.90. The average molecular weight is 390 g/mol. The van der Waals surface area contributed by atoms with Gasteiger partial charge >= 0.3 is 0 Å². The van der Waals surface area contributed by atoms with E-state index in [0.717, 1.165) is 5.56 Å². The first-order valence-corrected chi connectivity index (χ1v) is 9.22. The SMILES string of the molecule is O=C(CCc1nnc2ccc(NCc3ccccc3)nn12)Nc1ccccc1F. The Bertz CT molecular complexity index is 1130. The average Bonchev–Trinajstić information content (AvgIpc) is 3.15. The lowest BCUT2D eigenvalue weighted by Gasteiger charge is -2.07. The Kier molecular flexibility index (Phi) is 5.42. The Labute approximate surface area is 166 Å². The van der Waals surface area contributed by atoms with Gasteiger partial charge in [-0.05, 0) is 29.8 Å². The standard InChI is InChI=1S/C21H19FN6O/c22-16-8-4-5-9-17(16)24-21(29)13-12-20-26-25-19-11-10-18(27-28(19)20)23-14-15-6-2-1-3-7-15/h1-11H,12-14H2,(H,23,27)(H,24,29). The van der Waals surface area contributed by atoms with E-state index in [-0.39, 0.29) is 18.0 Å². The van der Waals surface area contributed by atoms with Crippen LogP contribution in [-0.4, -0.2) is 25.7 Å². The van der Waals surface area contributed by atoms with E-state index in [2.05, 4.69) is 25.9 Å². The van der Waals surface area contributed by atoms with E-state index in [1.54, 1.807) is 16.6 Å². The number of carbonyl (C=O) groups excluding carboxylic acids is 1. The number of rotatable bonds is 7. The van der Waals surface area contributed by atoms with Gasteiger partial charge in [-0.2, -0.15) is 4.52 Å². The van der Waals surface area contributed by atoms with Crippen molar-refractivity contribution in [2.75, 3.05) is 10.6 Å². The zero-order valence-corrected chi connectivity index (χ0v) is 15.5. The maximum absolute atomic E-state index is 13.7. The van der Waals surface area contributed by atoms with Crippen molar-refractivity contribution in [3.05, 3.63) is 83.9 Å². The zero-order valence-electron chi connectivity index (χ0n) is 15.5. The molecule has 4 aromatic rings. The summed E-state index contributed by atoms with van der Waals surface area (Å²) in [7, 11) is 0. The van der Waals surface area contributed by atoms with Crippen LogP contribution >= 0.6 is 0 Å². The zero-order chi connectivity index (χ0) is 20.1. The molecule has 2 aromatic carbocycles. The lowest BCUT2D eigenvalue weighted by atomic mass is 10.2. The maximum Gasteiger partial charge on any atom is 0.224 e. The number of anilines is 2. The number of para-hydroxylation sites is 1. The highest BCUT2D eigenvalue weighted by atomic mass is 19.1. The molecular weight excluding hydrogens is 371 g/mol. The minimum atomic E-state index is -0.468. The summed E-state index contributed by atoms with van der Waals surface area (Å²) in [5, 5.41) is 18.6. The van der Waals surface area contributed by atoms with Gasteiger partial charge in [0, 0.05) is 19.4 Å². The van der Waals surface area contributed by atoms with Crippen LogP contribution in [0.4, 0.5) is 15.9 Å². The first-order chi connectivity index (χ1) is 14.2. The number of benzene rings is 2. The molecule has 0 bridgehead atoms. The second kappa shape index (κ2) is 8.47. The predicted molar refractivity (Wildman–Crippen MR) is 108 cm³/mol. The van der Waals surface area contributed by atoms with E-state index < -0.39 is 5.82 Å². The normalized spacial score (nSPS) is 10.8. The number of fused-ring (bicyclic) bond motifs is 1. The minimum absolute atomic E-state index is 0.137. The Hall–Kier alpha value is -3.81. The fraction of sp³-hybridized carbons (Fsp3) is 0.143. The summed E-state index contributed by atoms with van der Waals surface area (Å²) in [6.45, 7) is 0.641. The molecule has 1 amide bonds. The molecule has 0 aliphatic carbocycles. The molecule has 4 rings (SSSR count). The van der Waals surface area contributed by atoms with Crippen LogP contribution in [0.2, 0.25) is 0 Å². The van der Waals surface area contributed by atoms with Gasteiger partial charge in [0.1, 0.15) is 11.6 Å². The highest BCUT2D eigenvalue weighted by molar-refractivity contribution is 5.90. The Morgan fingerprint density at radius 1 is 0.966 bits per heavy atom. The van der Waals surface area contributed by atoms with E-state index in [1.165, 1.54) is 12.1 Å². The van der Waals surface area contributed by atoms with Crippen molar-refractivity contribution in [1.82, 2.24) is 19.8 Å². The number of amides is 1. The lowest BCUT2D eigenvalue weighted by Crippen LogP contribution is -2.14. The third kappa shape index (κ3) is 4.55. The van der Waals surface area contributed by atoms with Crippen LogP contribution in [0.15, 0.2) is 66.7 Å². The van der Waals surface area contributed by atoms with Gasteiger partial charge in [0.2, 0.25) is 5.91 Å². The van der Waals surface area contributed by atoms with Crippen molar-refractivity contribution in [2.24, 2.45) is 0 Å². The molecule has 0 saturated heterocycles. The first-order valence-electron chi connectivity index (χ1n) is 9.22. The number of nitrogens with one attached hydrogen (secondary N) is 2. The van der Waals surface area contributed by atoms with Gasteiger partial charge < -0.3 is 10.6 Å². The highest BCUT2D eigenvalue weighted by Gasteiger charge is 2.11. The molecule has 29 heavy (non-hydrogen) atoms. The van der Waals surface area contributed by atoms with Crippen molar-refractivity contribution in [2.45, 2.75) is 19.4 Å². The van der Waals surface area contributed by atoms with Crippen LogP contribution in [-0.2, 0) is 17.8 Å². The van der Waals surface area contributed by atoms with Gasteiger partial charge in [-0.15, -0.1) is 15.3 Å². The highest BCUT2D eigenvalue weighted by Crippen LogP contribution is 2.14. The topological polar surface area (TPSA) is 84.2 Å². The molecule has 7 nitrogen and oxygen atoms in total. The largest absolute Gasteiger partial charge is 0.365 e. The predicted octanol–water partition coefficient (Wildman–Crippen LogP) is 3.45. The van der Waals surface area contributed by atoms with E-state index >= 15 is 0 Å². The van der Waals surface area contributed by atoms with Crippen LogP contribution in [0.5, 0.6) is 0 Å². The molecule has 2 aromatic heterocycles. The molecule has 0 unspecified atom stereocenters. The summed E-state index contributed by atoms with van der Waals surface area (Å²) in [4.78, 5) is 12.2. The molecule has 0 saturated carbocycles. The van der Waals surface area contributed by atoms with Crippen LogP contribution in [0, 0.1) is 5.82 Å². The minimum Gasteiger partial charge on any atom is -0.365 e. The van der Waals surface area contributed by atoms with Gasteiger partial charge in [0.25, 0.3) is 0 Å². The van der Waals surface area contributed by atoms with Gasteiger partial charge in [-0.1, -0.05) is 42.5 Å². The third-order valence-electron chi connectivity index (χ3n) is 4.37. The molecular formula is C21H19FN6O. The van der Waals surface area contributed by atoms with Crippen LogP contribution in [0.3, 0.4) is 0 Å². The van der Waals surface area contributed by atoms with Crippen LogP contribution in [0.1, 0.15) is 17.8 Å². The number of hydrogen-bond acceptors (Lipinski definition) is 5. The summed E-state index contributed by atoms with van der Waals surface area (Å²) < 4.78 is 15.3. The number of aromatic nitrogens is 4. The second-order valence-corrected chi connectivity index (χ2v) is 6.47. The molecule has 0 fully saturated rings. The van der Waals surface area contributed by atoms with Crippen molar-refractivity contribution in [3.8, 4) is 0 Å². The quantitative estimate of drug-likeness (QED) is 0.505. The Balaban J connectivity index is 1.41. The fourth-order valence-electron chi connectivity index (χ4n) is 2.87. The van der Waals surface area contributed by atoms with Gasteiger partial charge in [-0.3, -0.25) is 4.79 Å². The molecule has 146 valence electrons. The smallest absolute Gasteiger partial charge is 0.224 e. The second-order valence-electron chi connectivity index (χ2n) is 6.47. The summed E-state index contributed by atoms with van der Waals surface area (Å²) >= 11 is 0.